The number of amides is 1. The molecule has 2 aromatic carbocycles. The lowest BCUT2D eigenvalue weighted by Crippen LogP contribution is -2.37. The summed E-state index contributed by atoms with van der Waals surface area (Å²) in [5.74, 6) is -0.330. The summed E-state index contributed by atoms with van der Waals surface area (Å²) >= 11 is 0. The Balaban J connectivity index is 1.70. The molecule has 2 aromatic rings. The van der Waals surface area contributed by atoms with Gasteiger partial charge in [0.15, 0.2) is 0 Å². The molecule has 1 heterocycles. The monoisotopic (exact) mass is 386 g/mol. The Labute approximate surface area is 163 Å². The van der Waals surface area contributed by atoms with E-state index in [4.69, 9.17) is 9.47 Å². The molecule has 1 saturated heterocycles. The zero-order valence-electron chi connectivity index (χ0n) is 15.9. The molecule has 0 unspecified atom stereocenters. The Morgan fingerprint density at radius 2 is 1.96 bits per heavy atom. The maximum absolute atomic E-state index is 13.5. The molecule has 0 radical (unpaired) electrons. The van der Waals surface area contributed by atoms with E-state index in [0.29, 0.717) is 30.8 Å². The second-order valence-electron chi connectivity index (χ2n) is 6.74. The zero-order valence-corrected chi connectivity index (χ0v) is 15.9. The summed E-state index contributed by atoms with van der Waals surface area (Å²) in [5.41, 5.74) is 1.24. The predicted octanol–water partition coefficient (Wildman–Crippen LogP) is 2.38. The molecule has 0 aromatic heterocycles. The van der Waals surface area contributed by atoms with Gasteiger partial charge in [0.25, 0.3) is 5.91 Å². The van der Waals surface area contributed by atoms with E-state index in [-0.39, 0.29) is 23.7 Å². The van der Waals surface area contributed by atoms with Gasteiger partial charge in [0, 0.05) is 24.7 Å². The fraction of sp³-hybridized carbons (Fsp3) is 0.333. The Morgan fingerprint density at radius 3 is 2.68 bits per heavy atom. The van der Waals surface area contributed by atoms with Crippen LogP contribution in [0.2, 0.25) is 0 Å². The maximum atomic E-state index is 13.5. The van der Waals surface area contributed by atoms with E-state index in [1.807, 2.05) is 4.90 Å². The zero-order chi connectivity index (χ0) is 20.1. The van der Waals surface area contributed by atoms with Crippen molar-refractivity contribution in [3.8, 4) is 5.75 Å². The molecule has 1 aliphatic rings. The second kappa shape index (κ2) is 8.84. The average molecular weight is 386 g/mol. The molecule has 0 spiro atoms. The number of benzene rings is 2. The van der Waals surface area contributed by atoms with Crippen LogP contribution in [0.4, 0.5) is 4.39 Å². The van der Waals surface area contributed by atoms with Crippen molar-refractivity contribution in [3.63, 3.8) is 0 Å². The van der Waals surface area contributed by atoms with Crippen LogP contribution in [-0.2, 0) is 16.1 Å². The van der Waals surface area contributed by atoms with Gasteiger partial charge in [-0.05, 0) is 42.3 Å². The minimum atomic E-state index is -0.496. The van der Waals surface area contributed by atoms with Crippen LogP contribution in [0.5, 0.6) is 5.75 Å². The van der Waals surface area contributed by atoms with Gasteiger partial charge in [-0.15, -0.1) is 0 Å². The van der Waals surface area contributed by atoms with Gasteiger partial charge in [0.2, 0.25) is 0 Å². The van der Waals surface area contributed by atoms with E-state index < -0.39 is 6.04 Å². The summed E-state index contributed by atoms with van der Waals surface area (Å²) in [6.45, 7) is 0.856. The highest BCUT2D eigenvalue weighted by Gasteiger charge is 2.38. The van der Waals surface area contributed by atoms with Gasteiger partial charge < -0.3 is 14.8 Å². The largest absolute Gasteiger partial charge is 0.497 e. The van der Waals surface area contributed by atoms with Crippen LogP contribution in [0, 0.1) is 5.82 Å². The number of ether oxygens (including phenoxy) is 2. The van der Waals surface area contributed by atoms with Crippen LogP contribution in [0.25, 0.3) is 0 Å². The number of nitrogens with zero attached hydrogens (tertiary/aromatic N) is 1. The Morgan fingerprint density at radius 1 is 1.18 bits per heavy atom. The fourth-order valence-corrected chi connectivity index (χ4v) is 3.47. The predicted molar refractivity (Wildman–Crippen MR) is 101 cm³/mol. The molecule has 1 fully saturated rings. The van der Waals surface area contributed by atoms with E-state index in [2.05, 4.69) is 5.32 Å². The number of likely N-dealkylation sites (tertiary alicyclic amines) is 1. The molecule has 3 rings (SSSR count). The van der Waals surface area contributed by atoms with Crippen molar-refractivity contribution in [3.05, 3.63) is 65.5 Å². The third-order valence-electron chi connectivity index (χ3n) is 4.82. The molecule has 0 bridgehead atoms. The molecule has 1 N–H and O–H groups in total. The minimum Gasteiger partial charge on any atom is -0.497 e. The molecule has 7 heteroatoms. The standard InChI is InChI=1S/C21H23FN2O4/c1-27-18-8-4-6-15(10-18)20(25)23-17-11-19(21(26)28-2)24(13-17)12-14-5-3-7-16(22)9-14/h3-10,17,19H,11-13H2,1-2H3,(H,23,25)/t17-,19+/m1/s1. The maximum Gasteiger partial charge on any atom is 0.323 e. The van der Waals surface area contributed by atoms with E-state index >= 15 is 0 Å². The third kappa shape index (κ3) is 4.67. The fourth-order valence-electron chi connectivity index (χ4n) is 3.47. The Hall–Kier alpha value is -2.93. The number of esters is 1. The normalized spacial score (nSPS) is 19.2. The van der Waals surface area contributed by atoms with E-state index in [1.165, 1.54) is 19.2 Å². The molecule has 0 aliphatic carbocycles. The number of nitrogens with one attached hydrogen (secondary N) is 1. The Kier molecular flexibility index (Phi) is 6.26. The van der Waals surface area contributed by atoms with Gasteiger partial charge in [-0.2, -0.15) is 0 Å². The highest BCUT2D eigenvalue weighted by atomic mass is 19.1. The van der Waals surface area contributed by atoms with Crippen molar-refractivity contribution in [2.24, 2.45) is 0 Å². The summed E-state index contributed by atoms with van der Waals surface area (Å²) < 4.78 is 23.5. The molecular formula is C21H23FN2O4. The quantitative estimate of drug-likeness (QED) is 0.772. The molecule has 28 heavy (non-hydrogen) atoms. The van der Waals surface area contributed by atoms with Gasteiger partial charge in [0.1, 0.15) is 17.6 Å². The Bertz CT molecular complexity index is 858. The highest BCUT2D eigenvalue weighted by Crippen LogP contribution is 2.23. The molecule has 148 valence electrons. The van der Waals surface area contributed by atoms with Gasteiger partial charge in [-0.1, -0.05) is 18.2 Å². The van der Waals surface area contributed by atoms with Crippen molar-refractivity contribution < 1.29 is 23.5 Å². The number of hydrogen-bond acceptors (Lipinski definition) is 5. The first-order chi connectivity index (χ1) is 13.5. The lowest BCUT2D eigenvalue weighted by molar-refractivity contribution is -0.146. The summed E-state index contributed by atoms with van der Waals surface area (Å²) in [6, 6.07) is 12.4. The first kappa shape index (κ1) is 19.8. The minimum absolute atomic E-state index is 0.226. The van der Waals surface area contributed by atoms with E-state index in [0.717, 1.165) is 5.56 Å². The van der Waals surface area contributed by atoms with E-state index in [9.17, 15) is 14.0 Å². The van der Waals surface area contributed by atoms with Crippen molar-refractivity contribution >= 4 is 11.9 Å². The SMILES string of the molecule is COC(=O)[C@@H]1C[C@@H](NC(=O)c2cccc(OC)c2)CN1Cc1cccc(F)c1. The van der Waals surface area contributed by atoms with Gasteiger partial charge in [-0.3, -0.25) is 14.5 Å². The topological polar surface area (TPSA) is 67.9 Å². The summed E-state index contributed by atoms with van der Waals surface area (Å²) in [5, 5.41) is 2.96. The molecule has 2 atom stereocenters. The van der Waals surface area contributed by atoms with Crippen molar-refractivity contribution in [1.82, 2.24) is 10.2 Å². The van der Waals surface area contributed by atoms with Gasteiger partial charge in [-0.25, -0.2) is 4.39 Å². The third-order valence-corrected chi connectivity index (χ3v) is 4.82. The van der Waals surface area contributed by atoms with Crippen LogP contribution < -0.4 is 10.1 Å². The smallest absolute Gasteiger partial charge is 0.323 e. The molecule has 1 amide bonds. The number of halogens is 1. The summed E-state index contributed by atoms with van der Waals surface area (Å²) in [7, 11) is 2.88. The number of methoxy groups -OCH3 is 2. The van der Waals surface area contributed by atoms with Crippen LogP contribution in [0.1, 0.15) is 22.3 Å². The first-order valence-electron chi connectivity index (χ1n) is 9.01. The van der Waals surface area contributed by atoms with Gasteiger partial charge >= 0.3 is 5.97 Å². The van der Waals surface area contributed by atoms with Crippen molar-refractivity contribution in [2.75, 3.05) is 20.8 Å². The summed E-state index contributed by atoms with van der Waals surface area (Å²) in [6.07, 6.45) is 0.428. The lowest BCUT2D eigenvalue weighted by atomic mass is 10.1. The van der Waals surface area contributed by atoms with Crippen LogP contribution >= 0.6 is 0 Å². The van der Waals surface area contributed by atoms with Crippen LogP contribution in [0.3, 0.4) is 0 Å². The van der Waals surface area contributed by atoms with Crippen LogP contribution in [-0.4, -0.2) is 49.6 Å². The number of rotatable bonds is 6. The van der Waals surface area contributed by atoms with Gasteiger partial charge in [0.05, 0.1) is 14.2 Å². The molecular weight excluding hydrogens is 363 g/mol. The molecule has 6 nitrogen and oxygen atoms in total. The second-order valence-corrected chi connectivity index (χ2v) is 6.74. The molecule has 0 saturated carbocycles. The molecule has 1 aliphatic heterocycles. The lowest BCUT2D eigenvalue weighted by Gasteiger charge is -2.22. The van der Waals surface area contributed by atoms with Crippen LogP contribution in [0.15, 0.2) is 48.5 Å². The number of carbonyl (C=O) groups is 2. The van der Waals surface area contributed by atoms with Crippen molar-refractivity contribution in [2.45, 2.75) is 25.0 Å². The number of hydrogen-bond donors (Lipinski definition) is 1. The first-order valence-corrected chi connectivity index (χ1v) is 9.01. The van der Waals surface area contributed by atoms with E-state index in [1.54, 1.807) is 43.5 Å². The van der Waals surface area contributed by atoms with Crippen molar-refractivity contribution in [1.29, 1.82) is 0 Å². The highest BCUT2D eigenvalue weighted by molar-refractivity contribution is 5.94. The number of carbonyl (C=O) groups excluding carboxylic acids is 2. The average Bonchev–Trinajstić information content (AvgIpc) is 3.09. The summed E-state index contributed by atoms with van der Waals surface area (Å²) in [4.78, 5) is 26.7.